The monoisotopic (exact) mass is 173 g/mol. The average molecular weight is 173 g/mol. The molecule has 0 aliphatic rings. The predicted octanol–water partition coefficient (Wildman–Crippen LogP) is 0.932. The lowest BCUT2D eigenvalue weighted by Crippen LogP contribution is -2.30. The largest absolute Gasteiger partial charge is 0.372 e. The molecule has 12 heavy (non-hydrogen) atoms. The summed E-state index contributed by atoms with van der Waals surface area (Å²) in [5, 5.41) is 0. The highest BCUT2D eigenvalue weighted by Gasteiger charge is 2.02. The quantitative estimate of drug-likeness (QED) is 0.560. The van der Waals surface area contributed by atoms with Crippen LogP contribution in [0.5, 0.6) is 0 Å². The summed E-state index contributed by atoms with van der Waals surface area (Å²) in [7, 11) is 2.04. The summed E-state index contributed by atoms with van der Waals surface area (Å²) in [5.74, 6) is 0.0854. The summed E-state index contributed by atoms with van der Waals surface area (Å²) in [5.41, 5.74) is 0. The molecule has 0 rings (SSSR count). The Balaban J connectivity index is 3.25. The maximum absolute atomic E-state index is 10.5. The van der Waals surface area contributed by atoms with Crippen molar-refractivity contribution in [3.8, 4) is 0 Å². The molecule has 0 heterocycles. The number of hydrogen-bond donors (Lipinski definition) is 0. The van der Waals surface area contributed by atoms with Crippen molar-refractivity contribution in [3.63, 3.8) is 0 Å². The van der Waals surface area contributed by atoms with E-state index in [-0.39, 0.29) is 12.4 Å². The predicted molar refractivity (Wildman–Crippen MR) is 49.3 cm³/mol. The lowest BCUT2D eigenvalue weighted by molar-refractivity contribution is -0.121. The fraction of sp³-hybridized carbons (Fsp3) is 0.889. The van der Waals surface area contributed by atoms with Gasteiger partial charge in [-0.25, -0.2) is 0 Å². The van der Waals surface area contributed by atoms with Crippen molar-refractivity contribution in [1.29, 1.82) is 0 Å². The van der Waals surface area contributed by atoms with Gasteiger partial charge in [0.05, 0.1) is 6.61 Å². The standard InChI is InChI=1S/C9H19NO2/c1-8(2)10(4)5-6-12-7-9(3)11/h8H,5-7H2,1-4H3. The number of ether oxygens (including phenoxy) is 1. The first-order valence-corrected chi connectivity index (χ1v) is 4.31. The second-order valence-electron chi connectivity index (χ2n) is 3.33. The van der Waals surface area contributed by atoms with Gasteiger partial charge in [-0.1, -0.05) is 0 Å². The second kappa shape index (κ2) is 6.14. The van der Waals surface area contributed by atoms with E-state index in [9.17, 15) is 4.79 Å². The molecule has 0 saturated carbocycles. The Labute approximate surface area is 74.7 Å². The lowest BCUT2D eigenvalue weighted by Gasteiger charge is -2.20. The molecule has 0 aliphatic heterocycles. The van der Waals surface area contributed by atoms with E-state index in [2.05, 4.69) is 18.7 Å². The molecule has 0 amide bonds. The van der Waals surface area contributed by atoms with E-state index >= 15 is 0 Å². The summed E-state index contributed by atoms with van der Waals surface area (Å²) in [6.45, 7) is 7.55. The Hall–Kier alpha value is -0.410. The molecule has 0 N–H and O–H groups in total. The van der Waals surface area contributed by atoms with Gasteiger partial charge in [-0.05, 0) is 27.8 Å². The van der Waals surface area contributed by atoms with Crippen LogP contribution in [0.3, 0.4) is 0 Å². The summed E-state index contributed by atoms with van der Waals surface area (Å²) in [6.07, 6.45) is 0. The molecule has 0 aromatic heterocycles. The first-order chi connectivity index (χ1) is 5.54. The summed E-state index contributed by atoms with van der Waals surface area (Å²) < 4.78 is 5.12. The van der Waals surface area contributed by atoms with Gasteiger partial charge in [0, 0.05) is 12.6 Å². The van der Waals surface area contributed by atoms with E-state index in [1.54, 1.807) is 0 Å². The van der Waals surface area contributed by atoms with Crippen LogP contribution in [0.25, 0.3) is 0 Å². The molecule has 0 aromatic rings. The molecule has 0 fully saturated rings. The Bertz CT molecular complexity index is 134. The van der Waals surface area contributed by atoms with Crippen molar-refractivity contribution in [3.05, 3.63) is 0 Å². The summed E-state index contributed by atoms with van der Waals surface area (Å²) in [6, 6.07) is 0.533. The van der Waals surface area contributed by atoms with Gasteiger partial charge in [0.15, 0.2) is 5.78 Å². The zero-order chi connectivity index (χ0) is 9.56. The highest BCUT2D eigenvalue weighted by atomic mass is 16.5. The molecule has 0 saturated heterocycles. The van der Waals surface area contributed by atoms with Crippen LogP contribution in [-0.4, -0.2) is 43.5 Å². The van der Waals surface area contributed by atoms with E-state index in [1.807, 2.05) is 7.05 Å². The van der Waals surface area contributed by atoms with Gasteiger partial charge in [-0.3, -0.25) is 4.79 Å². The van der Waals surface area contributed by atoms with Crippen LogP contribution in [0.1, 0.15) is 20.8 Å². The first-order valence-electron chi connectivity index (χ1n) is 4.31. The topological polar surface area (TPSA) is 29.5 Å². The minimum atomic E-state index is 0.0854. The number of ketones is 1. The van der Waals surface area contributed by atoms with Crippen LogP contribution >= 0.6 is 0 Å². The van der Waals surface area contributed by atoms with Crippen LogP contribution in [0.4, 0.5) is 0 Å². The molecule has 0 bridgehead atoms. The number of rotatable bonds is 6. The molecule has 0 aliphatic carbocycles. The number of likely N-dealkylation sites (N-methyl/N-ethyl adjacent to an activating group) is 1. The minimum absolute atomic E-state index is 0.0854. The highest BCUT2D eigenvalue weighted by molar-refractivity contribution is 5.76. The molecule has 0 unspecified atom stereocenters. The normalized spacial score (nSPS) is 11.2. The zero-order valence-corrected chi connectivity index (χ0v) is 8.46. The Morgan fingerprint density at radius 3 is 2.50 bits per heavy atom. The molecule has 3 heteroatoms. The third-order valence-electron chi connectivity index (χ3n) is 1.78. The Morgan fingerprint density at radius 1 is 1.50 bits per heavy atom. The molecule has 0 atom stereocenters. The first kappa shape index (κ1) is 11.6. The van der Waals surface area contributed by atoms with Crippen LogP contribution in [-0.2, 0) is 9.53 Å². The maximum atomic E-state index is 10.5. The van der Waals surface area contributed by atoms with Crippen LogP contribution in [0.15, 0.2) is 0 Å². The molecule has 0 aromatic carbocycles. The van der Waals surface area contributed by atoms with Gasteiger partial charge < -0.3 is 9.64 Å². The Morgan fingerprint density at radius 2 is 2.08 bits per heavy atom. The third-order valence-corrected chi connectivity index (χ3v) is 1.78. The van der Waals surface area contributed by atoms with Crippen molar-refractivity contribution < 1.29 is 9.53 Å². The van der Waals surface area contributed by atoms with Crippen molar-refractivity contribution in [2.75, 3.05) is 26.8 Å². The smallest absolute Gasteiger partial charge is 0.155 e. The number of carbonyl (C=O) groups excluding carboxylic acids is 1. The summed E-state index contributed by atoms with van der Waals surface area (Å²) in [4.78, 5) is 12.7. The Kier molecular flexibility index (Phi) is 5.93. The van der Waals surface area contributed by atoms with E-state index in [0.29, 0.717) is 12.6 Å². The number of hydrogen-bond acceptors (Lipinski definition) is 3. The van der Waals surface area contributed by atoms with Gasteiger partial charge in [0.1, 0.15) is 6.61 Å². The fourth-order valence-electron chi connectivity index (χ4n) is 0.683. The van der Waals surface area contributed by atoms with E-state index in [1.165, 1.54) is 6.92 Å². The fourth-order valence-corrected chi connectivity index (χ4v) is 0.683. The molecule has 3 nitrogen and oxygen atoms in total. The maximum Gasteiger partial charge on any atom is 0.155 e. The number of nitrogens with zero attached hydrogens (tertiary/aromatic N) is 1. The van der Waals surface area contributed by atoms with E-state index in [4.69, 9.17) is 4.74 Å². The SMILES string of the molecule is CC(=O)COCCN(C)C(C)C. The van der Waals surface area contributed by atoms with Gasteiger partial charge in [-0.15, -0.1) is 0 Å². The van der Waals surface area contributed by atoms with E-state index in [0.717, 1.165) is 6.54 Å². The van der Waals surface area contributed by atoms with Crippen LogP contribution < -0.4 is 0 Å². The second-order valence-corrected chi connectivity index (χ2v) is 3.33. The van der Waals surface area contributed by atoms with Gasteiger partial charge >= 0.3 is 0 Å². The van der Waals surface area contributed by atoms with Crippen molar-refractivity contribution in [1.82, 2.24) is 4.90 Å². The van der Waals surface area contributed by atoms with Crippen LogP contribution in [0, 0.1) is 0 Å². The van der Waals surface area contributed by atoms with Gasteiger partial charge in [0.25, 0.3) is 0 Å². The minimum Gasteiger partial charge on any atom is -0.372 e. The molecular weight excluding hydrogens is 154 g/mol. The van der Waals surface area contributed by atoms with E-state index < -0.39 is 0 Å². The molecule has 0 spiro atoms. The average Bonchev–Trinajstić information content (AvgIpc) is 1.97. The third kappa shape index (κ3) is 6.31. The molecule has 0 radical (unpaired) electrons. The number of carbonyl (C=O) groups is 1. The summed E-state index contributed by atoms with van der Waals surface area (Å²) >= 11 is 0. The lowest BCUT2D eigenvalue weighted by atomic mass is 10.3. The zero-order valence-electron chi connectivity index (χ0n) is 8.46. The van der Waals surface area contributed by atoms with Crippen molar-refractivity contribution in [2.45, 2.75) is 26.8 Å². The van der Waals surface area contributed by atoms with Crippen molar-refractivity contribution in [2.24, 2.45) is 0 Å². The van der Waals surface area contributed by atoms with Gasteiger partial charge in [-0.2, -0.15) is 0 Å². The number of Topliss-reactive ketones (excluding diaryl/α,β-unsaturated/α-hetero) is 1. The highest BCUT2D eigenvalue weighted by Crippen LogP contribution is 1.92. The van der Waals surface area contributed by atoms with Crippen LogP contribution in [0.2, 0.25) is 0 Å². The molecular formula is C9H19NO2. The van der Waals surface area contributed by atoms with Crippen molar-refractivity contribution >= 4 is 5.78 Å². The molecule has 72 valence electrons. The van der Waals surface area contributed by atoms with Gasteiger partial charge in [0.2, 0.25) is 0 Å².